The molecule has 0 aliphatic carbocycles. The molecule has 0 saturated heterocycles. The van der Waals surface area contributed by atoms with Gasteiger partial charge in [0, 0.05) is 4.47 Å². The predicted molar refractivity (Wildman–Crippen MR) is 117 cm³/mol. The molecule has 0 atom stereocenters. The van der Waals surface area contributed by atoms with Gasteiger partial charge in [0.2, 0.25) is 5.91 Å². The molecule has 1 aromatic heterocycles. The molecule has 4 nitrogen and oxygen atoms in total. The van der Waals surface area contributed by atoms with Gasteiger partial charge in [0.1, 0.15) is 12.4 Å². The van der Waals surface area contributed by atoms with Crippen molar-refractivity contribution in [3.63, 3.8) is 0 Å². The topological polar surface area (TPSA) is 48.8 Å². The Hall–Kier alpha value is -2.64. The van der Waals surface area contributed by atoms with Crippen LogP contribution in [0.4, 0.5) is 10.1 Å². The quantitative estimate of drug-likeness (QED) is 0.303. The van der Waals surface area contributed by atoms with E-state index in [2.05, 4.69) is 49.0 Å². The predicted octanol–water partition coefficient (Wildman–Crippen LogP) is 5.14. The number of H-pyrrole nitrogens is 1. The maximum atomic E-state index is 14.0. The van der Waals surface area contributed by atoms with Gasteiger partial charge in [-0.25, -0.2) is 13.9 Å². The highest BCUT2D eigenvalue weighted by molar-refractivity contribution is 9.10. The molecule has 2 N–H and O–H groups in total. The number of benzene rings is 3. The van der Waals surface area contributed by atoms with Crippen LogP contribution in [0.25, 0.3) is 11.0 Å². The molecular formula is C22H18BrFN3OS+. The van der Waals surface area contributed by atoms with Crippen LogP contribution in [-0.4, -0.2) is 16.6 Å². The van der Waals surface area contributed by atoms with E-state index in [1.54, 1.807) is 12.1 Å². The van der Waals surface area contributed by atoms with Gasteiger partial charge in [-0.3, -0.25) is 4.79 Å². The maximum absolute atomic E-state index is 14.0. The number of thioether (sulfide) groups is 1. The Morgan fingerprint density at radius 1 is 1.07 bits per heavy atom. The van der Waals surface area contributed by atoms with Gasteiger partial charge < -0.3 is 5.32 Å². The fourth-order valence-electron chi connectivity index (χ4n) is 3.05. The van der Waals surface area contributed by atoms with Crippen LogP contribution in [0.5, 0.6) is 0 Å². The van der Waals surface area contributed by atoms with E-state index in [0.29, 0.717) is 11.0 Å². The SMILES string of the molecule is O=C(CSc1[nH]c2ccccc2[n+]1Cc1ccccc1)Nc1ccc(Br)cc1F. The smallest absolute Gasteiger partial charge is 0.317 e. The number of aromatic amines is 1. The highest BCUT2D eigenvalue weighted by Crippen LogP contribution is 2.21. The number of carbonyl (C=O) groups excluding carboxylic acids is 1. The first kappa shape index (κ1) is 19.7. The molecule has 1 heterocycles. The highest BCUT2D eigenvalue weighted by atomic mass is 79.9. The summed E-state index contributed by atoms with van der Waals surface area (Å²) in [6.45, 7) is 0.691. The van der Waals surface area contributed by atoms with Crippen LogP contribution >= 0.6 is 27.7 Å². The third-order valence-electron chi connectivity index (χ3n) is 4.41. The third-order valence-corrected chi connectivity index (χ3v) is 5.91. The second-order valence-electron chi connectivity index (χ2n) is 6.48. The van der Waals surface area contributed by atoms with E-state index < -0.39 is 5.82 Å². The van der Waals surface area contributed by atoms with Crippen molar-refractivity contribution in [3.05, 3.63) is 88.6 Å². The Balaban J connectivity index is 1.52. The van der Waals surface area contributed by atoms with Crippen LogP contribution in [0, 0.1) is 5.82 Å². The summed E-state index contributed by atoms with van der Waals surface area (Å²) in [5, 5.41) is 3.51. The summed E-state index contributed by atoms with van der Waals surface area (Å²) in [5.41, 5.74) is 3.42. The lowest BCUT2D eigenvalue weighted by atomic mass is 10.2. The van der Waals surface area contributed by atoms with Crippen LogP contribution in [-0.2, 0) is 11.3 Å². The summed E-state index contributed by atoms with van der Waals surface area (Å²) in [6, 6.07) is 22.8. The number of para-hydroxylation sites is 2. The molecule has 0 unspecified atom stereocenters. The number of carbonyl (C=O) groups is 1. The zero-order valence-electron chi connectivity index (χ0n) is 15.4. The van der Waals surface area contributed by atoms with Crippen LogP contribution in [0.15, 0.2) is 82.4 Å². The number of hydrogen-bond acceptors (Lipinski definition) is 2. The average molecular weight is 471 g/mol. The monoisotopic (exact) mass is 470 g/mol. The van der Waals surface area contributed by atoms with Crippen molar-refractivity contribution in [1.29, 1.82) is 0 Å². The second kappa shape index (κ2) is 8.80. The summed E-state index contributed by atoms with van der Waals surface area (Å²) in [5.74, 6) is -0.569. The normalized spacial score (nSPS) is 11.0. The first-order valence-corrected chi connectivity index (χ1v) is 10.8. The lowest BCUT2D eigenvalue weighted by Crippen LogP contribution is -2.35. The van der Waals surface area contributed by atoms with Crippen molar-refractivity contribution in [3.8, 4) is 0 Å². The van der Waals surface area contributed by atoms with E-state index in [-0.39, 0.29) is 17.3 Å². The number of nitrogens with one attached hydrogen (secondary N) is 2. The Morgan fingerprint density at radius 2 is 1.83 bits per heavy atom. The summed E-state index contributed by atoms with van der Waals surface area (Å²) in [7, 11) is 0. The van der Waals surface area contributed by atoms with Gasteiger partial charge in [0.15, 0.2) is 11.0 Å². The van der Waals surface area contributed by atoms with Gasteiger partial charge in [-0.15, -0.1) is 0 Å². The van der Waals surface area contributed by atoms with Crippen molar-refractivity contribution in [1.82, 2.24) is 4.98 Å². The molecule has 0 spiro atoms. The molecule has 0 aliphatic rings. The molecule has 146 valence electrons. The average Bonchev–Trinajstić information content (AvgIpc) is 3.07. The van der Waals surface area contributed by atoms with E-state index in [4.69, 9.17) is 0 Å². The van der Waals surface area contributed by atoms with Crippen molar-refractivity contribution in [2.24, 2.45) is 0 Å². The zero-order chi connectivity index (χ0) is 20.2. The van der Waals surface area contributed by atoms with E-state index >= 15 is 0 Å². The molecule has 29 heavy (non-hydrogen) atoms. The van der Waals surface area contributed by atoms with Gasteiger partial charge in [-0.05, 0) is 47.7 Å². The van der Waals surface area contributed by atoms with Gasteiger partial charge in [0.05, 0.1) is 11.4 Å². The molecule has 7 heteroatoms. The standard InChI is InChI=1S/C22H17BrFN3OS/c23-16-10-11-18(17(24)12-16)25-21(28)14-29-22-26-19-8-4-5-9-20(19)27(22)13-15-6-2-1-3-7-15/h1-12H,13-14H2,(H,25,28)/p+1. The minimum atomic E-state index is -0.470. The van der Waals surface area contributed by atoms with E-state index in [1.807, 2.05) is 36.4 Å². The van der Waals surface area contributed by atoms with Crippen molar-refractivity contribution < 1.29 is 13.8 Å². The molecule has 0 aliphatic heterocycles. The van der Waals surface area contributed by atoms with E-state index in [1.165, 1.54) is 23.4 Å². The number of anilines is 1. The number of nitrogens with zero attached hydrogens (tertiary/aromatic N) is 1. The van der Waals surface area contributed by atoms with Gasteiger partial charge in [-0.2, -0.15) is 0 Å². The molecule has 4 aromatic rings. The summed E-state index contributed by atoms with van der Waals surface area (Å²) in [4.78, 5) is 15.8. The van der Waals surface area contributed by atoms with Crippen LogP contribution in [0.2, 0.25) is 0 Å². The van der Waals surface area contributed by atoms with Crippen LogP contribution in [0.3, 0.4) is 0 Å². The Labute approximate surface area is 180 Å². The first-order chi connectivity index (χ1) is 14.1. The van der Waals surface area contributed by atoms with Crippen molar-refractivity contribution in [2.75, 3.05) is 11.1 Å². The van der Waals surface area contributed by atoms with Gasteiger partial charge >= 0.3 is 5.16 Å². The summed E-state index contributed by atoms with van der Waals surface area (Å²) < 4.78 is 16.7. The summed E-state index contributed by atoms with van der Waals surface area (Å²) >= 11 is 4.60. The van der Waals surface area contributed by atoms with Gasteiger partial charge in [-0.1, -0.05) is 58.4 Å². The fourth-order valence-corrected chi connectivity index (χ4v) is 4.23. The number of hydrogen-bond donors (Lipinski definition) is 2. The summed E-state index contributed by atoms with van der Waals surface area (Å²) in [6.07, 6.45) is 0. The van der Waals surface area contributed by atoms with Crippen LogP contribution in [0.1, 0.15) is 5.56 Å². The lowest BCUT2D eigenvalue weighted by Gasteiger charge is -2.06. The minimum absolute atomic E-state index is 0.164. The maximum Gasteiger partial charge on any atom is 0.317 e. The minimum Gasteiger partial charge on any atom is -0.323 e. The van der Waals surface area contributed by atoms with E-state index in [9.17, 15) is 9.18 Å². The number of rotatable bonds is 6. The molecule has 3 aromatic carbocycles. The molecule has 1 amide bonds. The highest BCUT2D eigenvalue weighted by Gasteiger charge is 2.20. The van der Waals surface area contributed by atoms with Gasteiger partial charge in [0.25, 0.3) is 0 Å². The number of halogens is 2. The van der Waals surface area contributed by atoms with E-state index in [0.717, 1.165) is 16.2 Å². The second-order valence-corrected chi connectivity index (χ2v) is 8.36. The largest absolute Gasteiger partial charge is 0.323 e. The van der Waals surface area contributed by atoms with Crippen molar-refractivity contribution in [2.45, 2.75) is 11.7 Å². The number of imidazole rings is 1. The third kappa shape index (κ3) is 4.68. The Kier molecular flexibility index (Phi) is 5.97. The number of aromatic nitrogens is 2. The lowest BCUT2D eigenvalue weighted by molar-refractivity contribution is -0.700. The first-order valence-electron chi connectivity index (χ1n) is 9.02. The fraction of sp³-hybridized carbons (Fsp3) is 0.0909. The zero-order valence-corrected chi connectivity index (χ0v) is 17.8. The molecule has 0 fully saturated rings. The molecule has 0 saturated carbocycles. The van der Waals surface area contributed by atoms with Crippen molar-refractivity contribution >= 4 is 50.3 Å². The molecular weight excluding hydrogens is 453 g/mol. The molecule has 0 radical (unpaired) electrons. The van der Waals surface area contributed by atoms with Crippen LogP contribution < -0.4 is 9.88 Å². The Bertz CT molecular complexity index is 1160. The Morgan fingerprint density at radius 3 is 2.62 bits per heavy atom. The molecule has 0 bridgehead atoms. The number of fused-ring (bicyclic) bond motifs is 1. The number of amides is 1. The molecule has 4 rings (SSSR count).